The summed E-state index contributed by atoms with van der Waals surface area (Å²) in [5.41, 5.74) is 0.0586. The summed E-state index contributed by atoms with van der Waals surface area (Å²) in [4.78, 5) is 0. The Balaban J connectivity index is 1.60. The Morgan fingerprint density at radius 3 is 2.75 bits per heavy atom. The van der Waals surface area contributed by atoms with Gasteiger partial charge in [-0.25, -0.2) is 0 Å². The third-order valence-electron chi connectivity index (χ3n) is 3.28. The summed E-state index contributed by atoms with van der Waals surface area (Å²) in [6, 6.07) is 5.43. The van der Waals surface area contributed by atoms with Crippen LogP contribution in [-0.4, -0.2) is 19.8 Å². The van der Waals surface area contributed by atoms with Crippen LogP contribution in [-0.2, 0) is 17.5 Å². The maximum atomic E-state index is 12.5. The molecule has 0 aliphatic heterocycles. The lowest BCUT2D eigenvalue weighted by Gasteiger charge is -2.09. The standard InChI is InChI=1S/C15H20F3NO/c16-15(17,18)14-4-1-3-13(9-14)10-19-7-2-8-20-11-12-5-6-12/h1,3-4,9,12,19H,2,5-8,10-11H2. The van der Waals surface area contributed by atoms with Crippen molar-refractivity contribution in [3.05, 3.63) is 35.4 Å². The Morgan fingerprint density at radius 2 is 2.05 bits per heavy atom. The van der Waals surface area contributed by atoms with Crippen LogP contribution in [0.25, 0.3) is 0 Å². The minimum atomic E-state index is -4.27. The van der Waals surface area contributed by atoms with Gasteiger partial charge < -0.3 is 10.1 Å². The summed E-state index contributed by atoms with van der Waals surface area (Å²) >= 11 is 0. The molecule has 1 N–H and O–H groups in total. The number of halogens is 3. The normalized spacial score (nSPS) is 15.6. The number of hydrogen-bond donors (Lipinski definition) is 1. The van der Waals surface area contributed by atoms with Crippen molar-refractivity contribution in [3.8, 4) is 0 Å². The fourth-order valence-electron chi connectivity index (χ4n) is 1.92. The van der Waals surface area contributed by atoms with Gasteiger partial charge in [0.2, 0.25) is 0 Å². The van der Waals surface area contributed by atoms with Crippen LogP contribution in [0.3, 0.4) is 0 Å². The second-order valence-corrected chi connectivity index (χ2v) is 5.25. The van der Waals surface area contributed by atoms with Crippen molar-refractivity contribution in [2.75, 3.05) is 19.8 Å². The molecule has 0 heterocycles. The molecule has 0 saturated heterocycles. The maximum Gasteiger partial charge on any atom is 0.416 e. The Morgan fingerprint density at radius 1 is 1.25 bits per heavy atom. The van der Waals surface area contributed by atoms with Gasteiger partial charge in [-0.05, 0) is 43.4 Å². The second kappa shape index (κ2) is 7.09. The van der Waals surface area contributed by atoms with Crippen molar-refractivity contribution < 1.29 is 17.9 Å². The minimum absolute atomic E-state index is 0.451. The van der Waals surface area contributed by atoms with Gasteiger partial charge in [-0.3, -0.25) is 0 Å². The first-order valence-electron chi connectivity index (χ1n) is 7.00. The summed E-state index contributed by atoms with van der Waals surface area (Å²) in [6.07, 6.45) is -0.820. The zero-order valence-electron chi connectivity index (χ0n) is 11.4. The van der Waals surface area contributed by atoms with Crippen molar-refractivity contribution in [3.63, 3.8) is 0 Å². The van der Waals surface area contributed by atoms with Crippen LogP contribution >= 0.6 is 0 Å². The molecule has 1 aliphatic rings. The van der Waals surface area contributed by atoms with Crippen molar-refractivity contribution in [2.45, 2.75) is 32.0 Å². The van der Waals surface area contributed by atoms with Crippen molar-refractivity contribution >= 4 is 0 Å². The van der Waals surface area contributed by atoms with Gasteiger partial charge in [0.1, 0.15) is 0 Å². The van der Waals surface area contributed by atoms with Gasteiger partial charge in [0.05, 0.1) is 5.56 Å². The van der Waals surface area contributed by atoms with Gasteiger partial charge in [0, 0.05) is 19.8 Å². The summed E-state index contributed by atoms with van der Waals surface area (Å²) in [5, 5.41) is 3.14. The zero-order valence-corrected chi connectivity index (χ0v) is 11.4. The number of benzene rings is 1. The molecule has 2 nitrogen and oxygen atoms in total. The molecule has 2 rings (SSSR count). The number of hydrogen-bond acceptors (Lipinski definition) is 2. The molecule has 0 unspecified atom stereocenters. The molecular weight excluding hydrogens is 267 g/mol. The van der Waals surface area contributed by atoms with Gasteiger partial charge in [-0.2, -0.15) is 13.2 Å². The average Bonchev–Trinajstić information content (AvgIpc) is 3.21. The summed E-state index contributed by atoms with van der Waals surface area (Å²) in [7, 11) is 0. The summed E-state index contributed by atoms with van der Waals surface area (Å²) < 4.78 is 43.1. The van der Waals surface area contributed by atoms with E-state index >= 15 is 0 Å². The number of nitrogens with one attached hydrogen (secondary N) is 1. The van der Waals surface area contributed by atoms with E-state index in [0.29, 0.717) is 18.7 Å². The van der Waals surface area contributed by atoms with Crippen LogP contribution in [0.1, 0.15) is 30.4 Å². The van der Waals surface area contributed by atoms with E-state index in [0.717, 1.165) is 31.6 Å². The highest BCUT2D eigenvalue weighted by molar-refractivity contribution is 5.25. The van der Waals surface area contributed by atoms with E-state index in [9.17, 15) is 13.2 Å². The zero-order chi connectivity index (χ0) is 14.4. The Kier molecular flexibility index (Phi) is 5.43. The van der Waals surface area contributed by atoms with Crippen LogP contribution in [0.15, 0.2) is 24.3 Å². The maximum absolute atomic E-state index is 12.5. The molecule has 5 heteroatoms. The highest BCUT2D eigenvalue weighted by Gasteiger charge is 2.30. The number of ether oxygens (including phenoxy) is 1. The number of alkyl halides is 3. The van der Waals surface area contributed by atoms with E-state index in [1.54, 1.807) is 6.07 Å². The quantitative estimate of drug-likeness (QED) is 0.737. The highest BCUT2D eigenvalue weighted by Crippen LogP contribution is 2.29. The molecule has 1 fully saturated rings. The van der Waals surface area contributed by atoms with Crippen molar-refractivity contribution in [1.29, 1.82) is 0 Å². The molecule has 112 valence electrons. The molecule has 0 amide bonds. The minimum Gasteiger partial charge on any atom is -0.381 e. The molecule has 1 saturated carbocycles. The first kappa shape index (κ1) is 15.3. The third kappa shape index (κ3) is 5.51. The Bertz CT molecular complexity index is 416. The predicted molar refractivity (Wildman–Crippen MR) is 71.3 cm³/mol. The van der Waals surface area contributed by atoms with Gasteiger partial charge in [-0.1, -0.05) is 18.2 Å². The van der Waals surface area contributed by atoms with Gasteiger partial charge in [0.25, 0.3) is 0 Å². The second-order valence-electron chi connectivity index (χ2n) is 5.25. The number of rotatable bonds is 8. The molecule has 0 aromatic heterocycles. The molecule has 0 radical (unpaired) electrons. The van der Waals surface area contributed by atoms with Crippen LogP contribution in [0.2, 0.25) is 0 Å². The monoisotopic (exact) mass is 287 g/mol. The Labute approximate surface area is 117 Å². The predicted octanol–water partition coefficient (Wildman–Crippen LogP) is 3.61. The molecule has 0 bridgehead atoms. The fraction of sp³-hybridized carbons (Fsp3) is 0.600. The van der Waals surface area contributed by atoms with E-state index in [1.807, 2.05) is 0 Å². The average molecular weight is 287 g/mol. The molecule has 20 heavy (non-hydrogen) atoms. The van der Waals surface area contributed by atoms with Gasteiger partial charge in [-0.15, -0.1) is 0 Å². The summed E-state index contributed by atoms with van der Waals surface area (Å²) in [5.74, 6) is 0.771. The van der Waals surface area contributed by atoms with E-state index in [-0.39, 0.29) is 0 Å². The Hall–Kier alpha value is -1.07. The molecule has 1 aromatic carbocycles. The van der Waals surface area contributed by atoms with Gasteiger partial charge >= 0.3 is 6.18 Å². The topological polar surface area (TPSA) is 21.3 Å². The van der Waals surface area contributed by atoms with Crippen molar-refractivity contribution in [2.24, 2.45) is 5.92 Å². The van der Waals surface area contributed by atoms with E-state index < -0.39 is 11.7 Å². The third-order valence-corrected chi connectivity index (χ3v) is 3.28. The summed E-state index contributed by atoms with van der Waals surface area (Å²) in [6.45, 7) is 2.77. The van der Waals surface area contributed by atoms with Crippen LogP contribution in [0.5, 0.6) is 0 Å². The largest absolute Gasteiger partial charge is 0.416 e. The lowest BCUT2D eigenvalue weighted by molar-refractivity contribution is -0.137. The lowest BCUT2D eigenvalue weighted by Crippen LogP contribution is -2.17. The molecule has 0 spiro atoms. The van der Waals surface area contributed by atoms with E-state index in [1.165, 1.54) is 25.0 Å². The first-order chi connectivity index (χ1) is 9.55. The fourth-order valence-corrected chi connectivity index (χ4v) is 1.92. The molecular formula is C15H20F3NO. The first-order valence-corrected chi connectivity index (χ1v) is 7.00. The van der Waals surface area contributed by atoms with E-state index in [2.05, 4.69) is 5.32 Å². The van der Waals surface area contributed by atoms with Gasteiger partial charge in [0.15, 0.2) is 0 Å². The van der Waals surface area contributed by atoms with Crippen LogP contribution < -0.4 is 5.32 Å². The highest BCUT2D eigenvalue weighted by atomic mass is 19.4. The van der Waals surface area contributed by atoms with Crippen molar-refractivity contribution in [1.82, 2.24) is 5.32 Å². The van der Waals surface area contributed by atoms with Crippen LogP contribution in [0, 0.1) is 5.92 Å². The smallest absolute Gasteiger partial charge is 0.381 e. The molecule has 0 atom stereocenters. The molecule has 1 aliphatic carbocycles. The van der Waals surface area contributed by atoms with E-state index in [4.69, 9.17) is 4.74 Å². The lowest BCUT2D eigenvalue weighted by atomic mass is 10.1. The van der Waals surface area contributed by atoms with Crippen LogP contribution in [0.4, 0.5) is 13.2 Å². The SMILES string of the molecule is FC(F)(F)c1cccc(CNCCCOCC2CC2)c1. The molecule has 1 aromatic rings.